The Morgan fingerprint density at radius 1 is 1.24 bits per heavy atom. The van der Waals surface area contributed by atoms with Gasteiger partial charge in [0.1, 0.15) is 5.76 Å². The van der Waals surface area contributed by atoms with Crippen LogP contribution in [0.15, 0.2) is 27.8 Å². The van der Waals surface area contributed by atoms with Crippen LogP contribution in [0, 0.1) is 0 Å². The zero-order chi connectivity index (χ0) is 18.7. The Hall–Kier alpha value is -2.02. The van der Waals surface area contributed by atoms with Gasteiger partial charge >= 0.3 is 0 Å². The van der Waals surface area contributed by atoms with Crippen molar-refractivity contribution in [2.45, 2.75) is 33.2 Å². The lowest BCUT2D eigenvalue weighted by molar-refractivity contribution is -0.130. The molecular weight excluding hydrogens is 318 g/mol. The third kappa shape index (κ3) is 7.17. The maximum Gasteiger partial charge on any atom is 0.224 e. The normalized spacial score (nSPS) is 13.0. The minimum Gasteiger partial charge on any atom is -0.468 e. The first-order valence-corrected chi connectivity index (χ1v) is 9.03. The maximum atomic E-state index is 12.1. The molecule has 0 saturated carbocycles. The Morgan fingerprint density at radius 3 is 2.48 bits per heavy atom. The van der Waals surface area contributed by atoms with Crippen LogP contribution in [-0.2, 0) is 4.79 Å². The fourth-order valence-corrected chi connectivity index (χ4v) is 2.53. The zero-order valence-corrected chi connectivity index (χ0v) is 16.2. The molecule has 0 aromatic carbocycles. The standard InChI is InChI=1S/C18H33N5O2/c1-6-19-18(20-12-11-17(24)23(7-2)8-3)21-14-15(22(4)5)16-10-9-13-25-16/h9-10,13,15H,6-8,11-12,14H2,1-5H3,(H2,19,20,21). The third-order valence-corrected chi connectivity index (χ3v) is 4.01. The van der Waals surface area contributed by atoms with Gasteiger partial charge in [-0.05, 0) is 47.0 Å². The lowest BCUT2D eigenvalue weighted by Crippen LogP contribution is -2.40. The summed E-state index contributed by atoms with van der Waals surface area (Å²) in [4.78, 5) is 20.6. The van der Waals surface area contributed by atoms with Crippen molar-refractivity contribution in [2.24, 2.45) is 4.99 Å². The van der Waals surface area contributed by atoms with Crippen molar-refractivity contribution in [2.75, 3.05) is 46.8 Å². The molecule has 1 aromatic heterocycles. The fraction of sp³-hybridized carbons (Fsp3) is 0.667. The molecule has 7 nitrogen and oxygen atoms in total. The van der Waals surface area contributed by atoms with Crippen LogP contribution < -0.4 is 10.6 Å². The van der Waals surface area contributed by atoms with E-state index in [0.29, 0.717) is 25.5 Å². The molecule has 1 amide bonds. The molecule has 7 heteroatoms. The van der Waals surface area contributed by atoms with Gasteiger partial charge in [0.15, 0.2) is 5.96 Å². The van der Waals surface area contributed by atoms with Gasteiger partial charge in [0.25, 0.3) is 0 Å². The number of amides is 1. The maximum absolute atomic E-state index is 12.1. The predicted octanol–water partition coefficient (Wildman–Crippen LogP) is 1.70. The number of furan rings is 1. The summed E-state index contributed by atoms with van der Waals surface area (Å²) in [7, 11) is 4.01. The van der Waals surface area contributed by atoms with Crippen molar-refractivity contribution in [1.82, 2.24) is 20.4 Å². The first-order valence-electron chi connectivity index (χ1n) is 9.03. The summed E-state index contributed by atoms with van der Waals surface area (Å²) in [6.07, 6.45) is 2.14. The molecule has 0 aliphatic rings. The second kappa shape index (κ2) is 11.5. The molecule has 0 spiro atoms. The van der Waals surface area contributed by atoms with Crippen LogP contribution in [-0.4, -0.2) is 68.5 Å². The number of carbonyl (C=O) groups is 1. The number of likely N-dealkylation sites (N-methyl/N-ethyl adjacent to an activating group) is 1. The number of hydrogen-bond donors (Lipinski definition) is 2. The van der Waals surface area contributed by atoms with Gasteiger partial charge < -0.3 is 20.0 Å². The summed E-state index contributed by atoms with van der Waals surface area (Å²) in [5, 5.41) is 6.45. The van der Waals surface area contributed by atoms with Gasteiger partial charge in [-0.3, -0.25) is 14.7 Å². The zero-order valence-electron chi connectivity index (χ0n) is 16.2. The molecule has 0 bridgehead atoms. The highest BCUT2D eigenvalue weighted by Crippen LogP contribution is 2.18. The molecule has 1 heterocycles. The van der Waals surface area contributed by atoms with Crippen LogP contribution in [0.25, 0.3) is 0 Å². The fourth-order valence-electron chi connectivity index (χ4n) is 2.53. The summed E-state index contributed by atoms with van der Waals surface area (Å²) in [5.41, 5.74) is 0. The molecule has 1 rings (SSSR count). The molecule has 0 aliphatic heterocycles. The van der Waals surface area contributed by atoms with E-state index in [2.05, 4.69) is 20.5 Å². The number of nitrogens with zero attached hydrogens (tertiary/aromatic N) is 3. The Balaban J connectivity index is 2.59. The average Bonchev–Trinajstić information content (AvgIpc) is 3.10. The van der Waals surface area contributed by atoms with Gasteiger partial charge in [-0.2, -0.15) is 0 Å². The second-order valence-electron chi connectivity index (χ2n) is 5.96. The second-order valence-corrected chi connectivity index (χ2v) is 5.96. The summed E-state index contributed by atoms with van der Waals surface area (Å²) >= 11 is 0. The smallest absolute Gasteiger partial charge is 0.224 e. The van der Waals surface area contributed by atoms with E-state index in [1.807, 2.05) is 51.9 Å². The van der Waals surface area contributed by atoms with Gasteiger partial charge in [0, 0.05) is 32.6 Å². The first kappa shape index (κ1) is 21.0. The molecule has 2 N–H and O–H groups in total. The van der Waals surface area contributed by atoms with Crippen molar-refractivity contribution < 1.29 is 9.21 Å². The number of nitrogens with one attached hydrogen (secondary N) is 2. The minimum absolute atomic E-state index is 0.0720. The number of aliphatic imine (C=N–C) groups is 1. The van der Waals surface area contributed by atoms with Crippen molar-refractivity contribution in [3.05, 3.63) is 24.2 Å². The summed E-state index contributed by atoms with van der Waals surface area (Å²) in [5.74, 6) is 1.77. The van der Waals surface area contributed by atoms with E-state index in [0.717, 1.165) is 25.4 Å². The van der Waals surface area contributed by atoms with E-state index in [1.54, 1.807) is 6.26 Å². The minimum atomic E-state index is 0.0720. The summed E-state index contributed by atoms with van der Waals surface area (Å²) < 4.78 is 5.51. The highest BCUT2D eigenvalue weighted by atomic mass is 16.3. The largest absolute Gasteiger partial charge is 0.468 e. The van der Waals surface area contributed by atoms with Crippen LogP contribution >= 0.6 is 0 Å². The van der Waals surface area contributed by atoms with Gasteiger partial charge in [0.2, 0.25) is 5.91 Å². The van der Waals surface area contributed by atoms with Crippen LogP contribution in [0.4, 0.5) is 0 Å². The van der Waals surface area contributed by atoms with E-state index in [-0.39, 0.29) is 11.9 Å². The lowest BCUT2D eigenvalue weighted by atomic mass is 10.2. The Bertz CT molecular complexity index is 510. The topological polar surface area (TPSA) is 73.1 Å². The van der Waals surface area contributed by atoms with Gasteiger partial charge in [-0.1, -0.05) is 0 Å². The highest BCUT2D eigenvalue weighted by Gasteiger charge is 2.16. The molecule has 25 heavy (non-hydrogen) atoms. The monoisotopic (exact) mass is 351 g/mol. The number of carbonyl (C=O) groups excluding carboxylic acids is 1. The SMILES string of the molecule is CCNC(=NCC(c1ccco1)N(C)C)NCCC(=O)N(CC)CC. The Labute approximate surface area is 151 Å². The van der Waals surface area contributed by atoms with Crippen molar-refractivity contribution in [3.63, 3.8) is 0 Å². The lowest BCUT2D eigenvalue weighted by Gasteiger charge is -2.21. The number of guanidine groups is 1. The molecule has 142 valence electrons. The van der Waals surface area contributed by atoms with Crippen molar-refractivity contribution >= 4 is 11.9 Å². The molecular formula is C18H33N5O2. The van der Waals surface area contributed by atoms with Crippen LogP contribution in [0.2, 0.25) is 0 Å². The van der Waals surface area contributed by atoms with Crippen LogP contribution in [0.3, 0.4) is 0 Å². The van der Waals surface area contributed by atoms with E-state index in [9.17, 15) is 4.79 Å². The molecule has 1 aromatic rings. The Morgan fingerprint density at radius 2 is 1.96 bits per heavy atom. The van der Waals surface area contributed by atoms with E-state index >= 15 is 0 Å². The third-order valence-electron chi connectivity index (χ3n) is 4.01. The van der Waals surface area contributed by atoms with Gasteiger partial charge in [-0.25, -0.2) is 0 Å². The molecule has 1 atom stereocenters. The molecule has 0 radical (unpaired) electrons. The molecule has 0 fully saturated rings. The molecule has 1 unspecified atom stereocenters. The van der Waals surface area contributed by atoms with Gasteiger partial charge in [0.05, 0.1) is 18.8 Å². The Kier molecular flexibility index (Phi) is 9.69. The number of hydrogen-bond acceptors (Lipinski definition) is 4. The highest BCUT2D eigenvalue weighted by molar-refractivity contribution is 5.81. The quantitative estimate of drug-likeness (QED) is 0.496. The number of rotatable bonds is 10. The molecule has 0 aliphatic carbocycles. The summed E-state index contributed by atoms with van der Waals surface area (Å²) in [6, 6.07) is 3.92. The average molecular weight is 351 g/mol. The van der Waals surface area contributed by atoms with Crippen LogP contribution in [0.5, 0.6) is 0 Å². The van der Waals surface area contributed by atoms with Crippen molar-refractivity contribution in [1.29, 1.82) is 0 Å². The van der Waals surface area contributed by atoms with E-state index in [1.165, 1.54) is 0 Å². The van der Waals surface area contributed by atoms with E-state index in [4.69, 9.17) is 4.42 Å². The van der Waals surface area contributed by atoms with Gasteiger partial charge in [-0.15, -0.1) is 0 Å². The summed E-state index contributed by atoms with van der Waals surface area (Å²) in [6.45, 7) is 9.41. The molecule has 0 saturated heterocycles. The van der Waals surface area contributed by atoms with E-state index < -0.39 is 0 Å². The van der Waals surface area contributed by atoms with Crippen molar-refractivity contribution in [3.8, 4) is 0 Å². The first-order chi connectivity index (χ1) is 12.0. The van der Waals surface area contributed by atoms with Crippen LogP contribution in [0.1, 0.15) is 39.0 Å². The predicted molar refractivity (Wildman–Crippen MR) is 102 cm³/mol.